The summed E-state index contributed by atoms with van der Waals surface area (Å²) in [5, 5.41) is 14.3. The molecule has 1 fully saturated rings. The molecule has 34 heavy (non-hydrogen) atoms. The number of amides is 1. The maximum atomic E-state index is 13.3. The van der Waals surface area contributed by atoms with E-state index in [4.69, 9.17) is 0 Å². The molecule has 174 valence electrons. The second kappa shape index (κ2) is 9.61. The van der Waals surface area contributed by atoms with Gasteiger partial charge >= 0.3 is 0 Å². The molecule has 1 unspecified atom stereocenters. The maximum absolute atomic E-state index is 13.3. The number of aromatic nitrogens is 3. The van der Waals surface area contributed by atoms with Crippen LogP contribution >= 0.6 is 0 Å². The summed E-state index contributed by atoms with van der Waals surface area (Å²) >= 11 is 0. The highest BCUT2D eigenvalue weighted by atomic mass is 19.1. The van der Waals surface area contributed by atoms with E-state index >= 15 is 0 Å². The predicted molar refractivity (Wildman–Crippen MR) is 131 cm³/mol. The first-order chi connectivity index (χ1) is 16.6. The van der Waals surface area contributed by atoms with Gasteiger partial charge in [-0.05, 0) is 99.4 Å². The second-order valence-electron chi connectivity index (χ2n) is 8.68. The number of nitrogens with one attached hydrogen (secondary N) is 3. The summed E-state index contributed by atoms with van der Waals surface area (Å²) < 4.78 is 15.0. The van der Waals surface area contributed by atoms with Crippen LogP contribution in [0.4, 0.5) is 16.0 Å². The van der Waals surface area contributed by atoms with E-state index < -0.39 is 0 Å². The van der Waals surface area contributed by atoms with Crippen molar-refractivity contribution in [3.05, 3.63) is 78.1 Å². The molecule has 0 saturated carbocycles. The fraction of sp³-hybridized carbons (Fsp3) is 0.269. The molecule has 3 heterocycles. The van der Waals surface area contributed by atoms with Crippen LogP contribution < -0.4 is 16.0 Å². The molecule has 2 aromatic heterocycles. The Balaban J connectivity index is 1.28. The van der Waals surface area contributed by atoms with Crippen LogP contribution in [0.3, 0.4) is 0 Å². The number of rotatable bonds is 6. The largest absolute Gasteiger partial charge is 0.349 e. The van der Waals surface area contributed by atoms with Crippen molar-refractivity contribution >= 4 is 23.2 Å². The zero-order valence-electron chi connectivity index (χ0n) is 19.0. The lowest BCUT2D eigenvalue weighted by molar-refractivity contribution is 0.0920. The van der Waals surface area contributed by atoms with Crippen molar-refractivity contribution in [3.63, 3.8) is 0 Å². The number of anilines is 2. The van der Waals surface area contributed by atoms with Crippen molar-refractivity contribution < 1.29 is 9.18 Å². The molecular weight excluding hydrogens is 431 g/mol. The van der Waals surface area contributed by atoms with Crippen LogP contribution in [-0.4, -0.2) is 39.6 Å². The first-order valence-corrected chi connectivity index (χ1v) is 11.6. The Morgan fingerprint density at radius 3 is 2.53 bits per heavy atom. The molecule has 5 rings (SSSR count). The molecule has 8 heteroatoms. The van der Waals surface area contributed by atoms with E-state index in [9.17, 15) is 9.18 Å². The molecule has 7 nitrogen and oxygen atoms in total. The standard InChI is InChI=1S/C26H27FN6O/c1-17(18-13-15-28-16-14-18)29-25(34)20-7-11-22(12-8-20)30-26-31-24-4-2-3-23(33(24)32-26)19-5-9-21(27)10-6-19/h2-12,17-18,28H,13-16H2,1H3,(H,29,34)(H,30,32). The molecule has 1 atom stereocenters. The van der Waals surface area contributed by atoms with Crippen molar-refractivity contribution in [1.29, 1.82) is 0 Å². The number of hydrogen-bond donors (Lipinski definition) is 3. The monoisotopic (exact) mass is 458 g/mol. The third-order valence-electron chi connectivity index (χ3n) is 6.35. The van der Waals surface area contributed by atoms with Gasteiger partial charge in [-0.1, -0.05) is 6.07 Å². The lowest BCUT2D eigenvalue weighted by Gasteiger charge is -2.28. The number of benzene rings is 2. The van der Waals surface area contributed by atoms with Crippen LogP contribution in [0.5, 0.6) is 0 Å². The Hall–Kier alpha value is -3.78. The summed E-state index contributed by atoms with van der Waals surface area (Å²) in [6, 6.07) is 19.4. The summed E-state index contributed by atoms with van der Waals surface area (Å²) in [7, 11) is 0. The molecule has 0 bridgehead atoms. The van der Waals surface area contributed by atoms with Gasteiger partial charge in [-0.15, -0.1) is 5.10 Å². The summed E-state index contributed by atoms with van der Waals surface area (Å²) in [6.45, 7) is 4.10. The highest BCUT2D eigenvalue weighted by molar-refractivity contribution is 5.94. The Morgan fingerprint density at radius 2 is 1.79 bits per heavy atom. The quantitative estimate of drug-likeness (QED) is 0.399. The molecule has 0 spiro atoms. The zero-order chi connectivity index (χ0) is 23.5. The van der Waals surface area contributed by atoms with E-state index in [0.717, 1.165) is 42.9 Å². The van der Waals surface area contributed by atoms with Gasteiger partial charge in [0.25, 0.3) is 5.91 Å². The fourth-order valence-corrected chi connectivity index (χ4v) is 4.38. The van der Waals surface area contributed by atoms with Gasteiger partial charge in [0.15, 0.2) is 5.65 Å². The molecule has 1 amide bonds. The van der Waals surface area contributed by atoms with Crippen molar-refractivity contribution in [2.75, 3.05) is 18.4 Å². The molecule has 1 aliphatic rings. The Morgan fingerprint density at radius 1 is 1.06 bits per heavy atom. The van der Waals surface area contributed by atoms with Crippen LogP contribution in [-0.2, 0) is 0 Å². The number of carbonyl (C=O) groups excluding carboxylic acids is 1. The predicted octanol–water partition coefficient (Wildman–Crippen LogP) is 4.40. The fourth-order valence-electron chi connectivity index (χ4n) is 4.38. The van der Waals surface area contributed by atoms with Crippen molar-refractivity contribution in [2.24, 2.45) is 5.92 Å². The average molecular weight is 459 g/mol. The van der Waals surface area contributed by atoms with Crippen molar-refractivity contribution in [2.45, 2.75) is 25.8 Å². The molecule has 1 aliphatic heterocycles. The van der Waals surface area contributed by atoms with E-state index in [0.29, 0.717) is 23.1 Å². The van der Waals surface area contributed by atoms with Crippen LogP contribution in [0, 0.1) is 11.7 Å². The van der Waals surface area contributed by atoms with Crippen LogP contribution in [0.2, 0.25) is 0 Å². The van der Waals surface area contributed by atoms with Gasteiger partial charge in [-0.2, -0.15) is 4.98 Å². The normalized spacial score (nSPS) is 15.2. The van der Waals surface area contributed by atoms with Gasteiger partial charge in [0.2, 0.25) is 5.95 Å². The molecule has 0 aliphatic carbocycles. The van der Waals surface area contributed by atoms with E-state index in [1.807, 2.05) is 30.3 Å². The minimum Gasteiger partial charge on any atom is -0.349 e. The molecule has 4 aromatic rings. The number of carbonyl (C=O) groups is 1. The van der Waals surface area contributed by atoms with E-state index in [1.54, 1.807) is 28.8 Å². The molecular formula is C26H27FN6O. The topological polar surface area (TPSA) is 83.4 Å². The highest BCUT2D eigenvalue weighted by Gasteiger charge is 2.21. The lowest BCUT2D eigenvalue weighted by atomic mass is 9.91. The van der Waals surface area contributed by atoms with Crippen LogP contribution in [0.1, 0.15) is 30.1 Å². The van der Waals surface area contributed by atoms with E-state index in [1.165, 1.54) is 12.1 Å². The summed E-state index contributed by atoms with van der Waals surface area (Å²) in [6.07, 6.45) is 2.17. The van der Waals surface area contributed by atoms with Gasteiger partial charge in [0.05, 0.1) is 5.69 Å². The number of fused-ring (bicyclic) bond motifs is 1. The Labute approximate surface area is 197 Å². The summed E-state index contributed by atoms with van der Waals surface area (Å²) in [4.78, 5) is 17.2. The first-order valence-electron chi connectivity index (χ1n) is 11.6. The lowest BCUT2D eigenvalue weighted by Crippen LogP contribution is -2.42. The van der Waals surface area contributed by atoms with Gasteiger partial charge in [-0.3, -0.25) is 4.79 Å². The van der Waals surface area contributed by atoms with E-state index in [-0.39, 0.29) is 17.8 Å². The van der Waals surface area contributed by atoms with E-state index in [2.05, 4.69) is 33.0 Å². The number of hydrogen-bond acceptors (Lipinski definition) is 5. The van der Waals surface area contributed by atoms with Crippen LogP contribution in [0.15, 0.2) is 66.7 Å². The van der Waals surface area contributed by atoms with Crippen molar-refractivity contribution in [3.8, 4) is 11.3 Å². The zero-order valence-corrected chi connectivity index (χ0v) is 19.0. The summed E-state index contributed by atoms with van der Waals surface area (Å²) in [5.74, 6) is 0.598. The highest BCUT2D eigenvalue weighted by Crippen LogP contribution is 2.23. The van der Waals surface area contributed by atoms with Gasteiger partial charge in [0, 0.05) is 22.9 Å². The van der Waals surface area contributed by atoms with Crippen molar-refractivity contribution in [1.82, 2.24) is 25.2 Å². The average Bonchev–Trinajstić information content (AvgIpc) is 3.28. The summed E-state index contributed by atoms with van der Waals surface area (Å²) in [5.41, 5.74) is 3.73. The SMILES string of the molecule is CC(NC(=O)c1ccc(Nc2nc3cccc(-c4ccc(F)cc4)n3n2)cc1)C1CCNCC1. The molecule has 0 radical (unpaired) electrons. The minimum atomic E-state index is -0.283. The van der Waals surface area contributed by atoms with Gasteiger partial charge in [-0.25, -0.2) is 8.91 Å². The van der Waals surface area contributed by atoms with Gasteiger partial charge < -0.3 is 16.0 Å². The third kappa shape index (κ3) is 4.77. The molecule has 1 saturated heterocycles. The second-order valence-corrected chi connectivity index (χ2v) is 8.68. The minimum absolute atomic E-state index is 0.0626. The number of nitrogens with zero attached hydrogens (tertiary/aromatic N) is 3. The first kappa shape index (κ1) is 22.0. The molecule has 3 N–H and O–H groups in total. The Bertz CT molecular complexity index is 1280. The molecule has 2 aromatic carbocycles. The third-order valence-corrected chi connectivity index (χ3v) is 6.35. The number of pyridine rings is 1. The Kier molecular flexibility index (Phi) is 6.22. The van der Waals surface area contributed by atoms with Gasteiger partial charge in [0.1, 0.15) is 5.82 Å². The smallest absolute Gasteiger partial charge is 0.251 e. The number of halogens is 1. The number of piperidine rings is 1. The maximum Gasteiger partial charge on any atom is 0.251 e. The van der Waals surface area contributed by atoms with Crippen LogP contribution in [0.25, 0.3) is 16.9 Å².